The van der Waals surface area contributed by atoms with Crippen LogP contribution in [0, 0.1) is 6.92 Å². The summed E-state index contributed by atoms with van der Waals surface area (Å²) in [5, 5.41) is 22.1. The summed E-state index contributed by atoms with van der Waals surface area (Å²) in [5.74, 6) is 0.0868. The first-order valence-electron chi connectivity index (χ1n) is 10.6. The molecule has 6 nitrogen and oxygen atoms in total. The Morgan fingerprint density at radius 2 is 1.62 bits per heavy atom. The summed E-state index contributed by atoms with van der Waals surface area (Å²) in [6.07, 6.45) is 0. The molecule has 1 atom stereocenters. The third-order valence-corrected chi connectivity index (χ3v) is 6.59. The maximum atomic E-state index is 6.70. The van der Waals surface area contributed by atoms with Gasteiger partial charge in [-0.1, -0.05) is 72.0 Å². The van der Waals surface area contributed by atoms with Gasteiger partial charge in [-0.05, 0) is 36.2 Å². The van der Waals surface area contributed by atoms with E-state index in [2.05, 4.69) is 80.3 Å². The van der Waals surface area contributed by atoms with Crippen molar-refractivity contribution in [3.63, 3.8) is 0 Å². The van der Waals surface area contributed by atoms with E-state index in [1.165, 1.54) is 22.5 Å². The number of anilines is 1. The molecule has 0 aliphatic heterocycles. The zero-order valence-corrected chi connectivity index (χ0v) is 18.5. The van der Waals surface area contributed by atoms with Crippen LogP contribution in [0.5, 0.6) is 0 Å². The Kier molecular flexibility index (Phi) is 5.66. The summed E-state index contributed by atoms with van der Waals surface area (Å²) >= 11 is 1.53. The minimum atomic E-state index is -0.128. The number of nitrogens with one attached hydrogen (secondary N) is 2. The van der Waals surface area contributed by atoms with Gasteiger partial charge in [-0.25, -0.2) is 0 Å². The molecular weight excluding hydrogens is 416 g/mol. The highest BCUT2D eigenvalue weighted by Crippen LogP contribution is 2.31. The number of nitrogens with zero attached hydrogens (tertiary/aromatic N) is 3. The van der Waals surface area contributed by atoms with Crippen molar-refractivity contribution in [3.8, 4) is 10.6 Å². The highest BCUT2D eigenvalue weighted by molar-refractivity contribution is 7.18. The van der Waals surface area contributed by atoms with E-state index >= 15 is 0 Å². The molecule has 2 heterocycles. The Hall–Kier alpha value is -3.55. The minimum Gasteiger partial charge on any atom is -0.358 e. The second kappa shape index (κ2) is 8.90. The van der Waals surface area contributed by atoms with Gasteiger partial charge in [-0.15, -0.1) is 10.2 Å². The molecule has 0 unspecified atom stereocenters. The van der Waals surface area contributed by atoms with Crippen LogP contribution in [0.3, 0.4) is 0 Å². The van der Waals surface area contributed by atoms with Crippen LogP contribution in [0.2, 0.25) is 0 Å². The molecule has 3 aromatic carbocycles. The Bertz CT molecular complexity index is 1270. The Morgan fingerprint density at radius 3 is 2.31 bits per heavy atom. The van der Waals surface area contributed by atoms with Gasteiger partial charge in [0.1, 0.15) is 5.01 Å². The lowest BCUT2D eigenvalue weighted by Gasteiger charge is -2.25. The number of H-pyrrole nitrogens is 1. The molecule has 7 heteroatoms. The van der Waals surface area contributed by atoms with Gasteiger partial charge < -0.3 is 11.1 Å². The number of hydrogen-bond donors (Lipinski definition) is 3. The number of rotatable bonds is 7. The molecule has 0 aliphatic rings. The molecule has 160 valence electrons. The molecule has 0 amide bonds. The maximum absolute atomic E-state index is 6.70. The van der Waals surface area contributed by atoms with Crippen LogP contribution in [-0.2, 0) is 0 Å². The molecule has 0 radical (unpaired) electrons. The average Bonchev–Trinajstić information content (AvgIpc) is 3.46. The van der Waals surface area contributed by atoms with Gasteiger partial charge >= 0.3 is 0 Å². The van der Waals surface area contributed by atoms with E-state index < -0.39 is 0 Å². The van der Waals surface area contributed by atoms with Gasteiger partial charge in [0, 0.05) is 29.5 Å². The average molecular weight is 441 g/mol. The highest BCUT2D eigenvalue weighted by atomic mass is 32.1. The number of hydrogen-bond acceptors (Lipinski definition) is 6. The minimum absolute atomic E-state index is 0.0868. The van der Waals surface area contributed by atoms with Crippen molar-refractivity contribution in [2.24, 2.45) is 5.73 Å². The quantitative estimate of drug-likeness (QED) is 0.333. The van der Waals surface area contributed by atoms with E-state index in [0.29, 0.717) is 6.54 Å². The van der Waals surface area contributed by atoms with Crippen molar-refractivity contribution < 1.29 is 0 Å². The second-order valence-corrected chi connectivity index (χ2v) is 8.80. The van der Waals surface area contributed by atoms with Crippen LogP contribution in [-0.4, -0.2) is 33.0 Å². The van der Waals surface area contributed by atoms with Crippen molar-refractivity contribution in [1.82, 2.24) is 20.4 Å². The molecule has 4 N–H and O–H groups in total. The van der Waals surface area contributed by atoms with Gasteiger partial charge in [-0.3, -0.25) is 5.10 Å². The van der Waals surface area contributed by atoms with Crippen LogP contribution in [0.15, 0.2) is 78.9 Å². The van der Waals surface area contributed by atoms with Crippen molar-refractivity contribution in [2.45, 2.75) is 18.9 Å². The Labute approximate surface area is 190 Å². The lowest BCUT2D eigenvalue weighted by Crippen LogP contribution is -2.36. The molecule has 0 saturated heterocycles. The van der Waals surface area contributed by atoms with E-state index in [4.69, 9.17) is 5.73 Å². The maximum Gasteiger partial charge on any atom is 0.206 e. The zero-order valence-electron chi connectivity index (χ0n) is 17.7. The largest absolute Gasteiger partial charge is 0.358 e. The molecule has 5 rings (SSSR count). The lowest BCUT2D eigenvalue weighted by molar-refractivity contribution is 0.617. The monoisotopic (exact) mass is 440 g/mol. The number of nitrogens with two attached hydrogens (primary N) is 1. The van der Waals surface area contributed by atoms with Crippen LogP contribution in [0.25, 0.3) is 21.5 Å². The highest BCUT2D eigenvalue weighted by Gasteiger charge is 2.22. The summed E-state index contributed by atoms with van der Waals surface area (Å²) in [6.45, 7) is 2.58. The van der Waals surface area contributed by atoms with Crippen LogP contribution in [0.4, 0.5) is 5.13 Å². The van der Waals surface area contributed by atoms with Crippen LogP contribution in [0.1, 0.15) is 22.7 Å². The fourth-order valence-corrected chi connectivity index (χ4v) is 4.77. The van der Waals surface area contributed by atoms with E-state index in [-0.39, 0.29) is 12.0 Å². The normalized spacial score (nSPS) is 12.3. The topological polar surface area (TPSA) is 92.5 Å². The first-order chi connectivity index (χ1) is 15.7. The number of fused-ring (bicyclic) bond motifs is 1. The summed E-state index contributed by atoms with van der Waals surface area (Å²) in [7, 11) is 0. The number of aromatic nitrogens is 4. The fourth-order valence-electron chi connectivity index (χ4n) is 4.02. The summed E-state index contributed by atoms with van der Waals surface area (Å²) in [5.41, 5.74) is 12.1. The van der Waals surface area contributed by atoms with E-state index in [0.717, 1.165) is 32.3 Å². The molecule has 0 bridgehead atoms. The summed E-state index contributed by atoms with van der Waals surface area (Å²) in [6, 6.07) is 26.9. The predicted molar refractivity (Wildman–Crippen MR) is 131 cm³/mol. The van der Waals surface area contributed by atoms with Crippen molar-refractivity contribution >= 4 is 27.4 Å². The summed E-state index contributed by atoms with van der Waals surface area (Å²) in [4.78, 5) is 0. The zero-order chi connectivity index (χ0) is 21.9. The molecule has 32 heavy (non-hydrogen) atoms. The van der Waals surface area contributed by atoms with E-state index in [9.17, 15) is 0 Å². The van der Waals surface area contributed by atoms with E-state index in [1.54, 1.807) is 0 Å². The first-order valence-corrected chi connectivity index (χ1v) is 11.4. The standard InChI is InChI=1S/C25H24N6S/c1-16-20-14-19(12-13-22(20)29-28-16)24-30-31-25(32-24)27-15-21(26)23(17-8-4-2-5-9-17)18-10-6-3-7-11-18/h2-14,21,23H,15,26H2,1H3,(H,27,31)(H,28,29)/t21-/m1/s1. The number of aryl methyl sites for hydroxylation is 1. The first kappa shape index (κ1) is 20.4. The SMILES string of the molecule is Cc1n[nH]c2ccc(-c3nnc(NC[C@@H](N)C(c4ccccc4)c4ccccc4)s3)cc12. The molecular formula is C25H24N6S. The van der Waals surface area contributed by atoms with Gasteiger partial charge in [0.05, 0.1) is 11.2 Å². The Balaban J connectivity index is 1.33. The van der Waals surface area contributed by atoms with Gasteiger partial charge in [0.15, 0.2) is 0 Å². The summed E-state index contributed by atoms with van der Waals surface area (Å²) < 4.78 is 0. The fraction of sp³-hybridized carbons (Fsp3) is 0.160. The van der Waals surface area contributed by atoms with Gasteiger partial charge in [0.2, 0.25) is 5.13 Å². The molecule has 0 fully saturated rings. The van der Waals surface area contributed by atoms with Gasteiger partial charge in [0.25, 0.3) is 0 Å². The Morgan fingerprint density at radius 1 is 0.938 bits per heavy atom. The molecule has 5 aromatic rings. The third kappa shape index (κ3) is 4.12. The van der Waals surface area contributed by atoms with Crippen molar-refractivity contribution in [2.75, 3.05) is 11.9 Å². The molecule has 0 aliphatic carbocycles. The van der Waals surface area contributed by atoms with E-state index in [1.807, 2.05) is 31.2 Å². The van der Waals surface area contributed by atoms with Gasteiger partial charge in [-0.2, -0.15) is 5.10 Å². The lowest BCUT2D eigenvalue weighted by atomic mass is 9.85. The molecule has 0 spiro atoms. The third-order valence-electron chi connectivity index (χ3n) is 5.66. The second-order valence-electron chi connectivity index (χ2n) is 7.83. The van der Waals surface area contributed by atoms with Crippen molar-refractivity contribution in [3.05, 3.63) is 95.7 Å². The smallest absolute Gasteiger partial charge is 0.206 e. The number of aromatic amines is 1. The number of benzene rings is 3. The molecule has 2 aromatic heterocycles. The molecule has 0 saturated carbocycles. The predicted octanol–water partition coefficient (Wildman–Crippen LogP) is 4.96. The van der Waals surface area contributed by atoms with Crippen molar-refractivity contribution in [1.29, 1.82) is 0 Å². The van der Waals surface area contributed by atoms with Crippen LogP contribution >= 0.6 is 11.3 Å². The van der Waals surface area contributed by atoms with Crippen LogP contribution < -0.4 is 11.1 Å².